The number of methoxy groups -OCH3 is 2. The Morgan fingerprint density at radius 1 is 1.29 bits per heavy atom. The topological polar surface area (TPSA) is 35.5 Å². The SMILES string of the molecule is COC(=O)c1ccc(I)c(OC)c1I. The van der Waals surface area contributed by atoms with Gasteiger partial charge in [0.1, 0.15) is 5.75 Å². The molecule has 0 saturated carbocycles. The summed E-state index contributed by atoms with van der Waals surface area (Å²) in [7, 11) is 2.95. The van der Waals surface area contributed by atoms with Crippen LogP contribution in [0.15, 0.2) is 12.1 Å². The van der Waals surface area contributed by atoms with Gasteiger partial charge in [-0.15, -0.1) is 0 Å². The number of carbonyl (C=O) groups is 1. The van der Waals surface area contributed by atoms with Gasteiger partial charge in [-0.05, 0) is 57.3 Å². The van der Waals surface area contributed by atoms with Crippen molar-refractivity contribution in [3.63, 3.8) is 0 Å². The summed E-state index contributed by atoms with van der Waals surface area (Å²) in [6.07, 6.45) is 0. The van der Waals surface area contributed by atoms with Crippen LogP contribution in [0.4, 0.5) is 0 Å². The van der Waals surface area contributed by atoms with Crippen LogP contribution in [0.1, 0.15) is 10.4 Å². The lowest BCUT2D eigenvalue weighted by Crippen LogP contribution is -2.05. The standard InChI is InChI=1S/C9H8I2O3/c1-13-8-6(10)4-3-5(7(8)11)9(12)14-2/h3-4H,1-2H3. The van der Waals surface area contributed by atoms with E-state index in [-0.39, 0.29) is 5.97 Å². The summed E-state index contributed by atoms with van der Waals surface area (Å²) in [4.78, 5) is 11.3. The molecular weight excluding hydrogens is 410 g/mol. The Morgan fingerprint density at radius 3 is 2.43 bits per heavy atom. The minimum absolute atomic E-state index is 0.343. The summed E-state index contributed by atoms with van der Waals surface area (Å²) < 4.78 is 11.6. The molecule has 0 N–H and O–H groups in total. The molecule has 0 aliphatic rings. The number of esters is 1. The molecule has 0 heterocycles. The molecule has 0 radical (unpaired) electrons. The van der Waals surface area contributed by atoms with E-state index in [1.165, 1.54) is 7.11 Å². The van der Waals surface area contributed by atoms with Crippen molar-refractivity contribution >= 4 is 51.2 Å². The van der Waals surface area contributed by atoms with Crippen molar-refractivity contribution in [2.75, 3.05) is 14.2 Å². The largest absolute Gasteiger partial charge is 0.495 e. The smallest absolute Gasteiger partial charge is 0.339 e. The van der Waals surface area contributed by atoms with Crippen LogP contribution in [0.25, 0.3) is 0 Å². The Kier molecular flexibility index (Phi) is 4.42. The molecule has 0 fully saturated rings. The first-order chi connectivity index (χ1) is 6.61. The quantitative estimate of drug-likeness (QED) is 0.548. The molecule has 0 aromatic heterocycles. The van der Waals surface area contributed by atoms with Crippen LogP contribution in [0, 0.1) is 7.14 Å². The van der Waals surface area contributed by atoms with Gasteiger partial charge in [-0.3, -0.25) is 0 Å². The average molecular weight is 418 g/mol. The highest BCUT2D eigenvalue weighted by Gasteiger charge is 2.15. The molecule has 3 nitrogen and oxygen atoms in total. The van der Waals surface area contributed by atoms with Gasteiger partial charge in [0.15, 0.2) is 0 Å². The number of rotatable bonds is 2. The molecule has 1 aromatic rings. The second kappa shape index (κ2) is 5.15. The first-order valence-electron chi connectivity index (χ1n) is 3.72. The van der Waals surface area contributed by atoms with E-state index < -0.39 is 0 Å². The molecule has 0 bridgehead atoms. The monoisotopic (exact) mass is 418 g/mol. The van der Waals surface area contributed by atoms with Crippen molar-refractivity contribution in [3.8, 4) is 5.75 Å². The van der Waals surface area contributed by atoms with E-state index in [2.05, 4.69) is 49.9 Å². The van der Waals surface area contributed by atoms with Crippen molar-refractivity contribution in [1.82, 2.24) is 0 Å². The third-order valence-corrected chi connectivity index (χ3v) is 3.58. The average Bonchev–Trinajstić information content (AvgIpc) is 2.18. The second-order valence-corrected chi connectivity index (χ2v) is 4.67. The van der Waals surface area contributed by atoms with E-state index in [4.69, 9.17) is 4.74 Å². The van der Waals surface area contributed by atoms with Crippen LogP contribution in [0.2, 0.25) is 0 Å². The van der Waals surface area contributed by atoms with E-state index in [1.807, 2.05) is 6.07 Å². The van der Waals surface area contributed by atoms with E-state index in [9.17, 15) is 4.79 Å². The Hall–Kier alpha value is -0.0500. The number of halogens is 2. The van der Waals surface area contributed by atoms with Gasteiger partial charge in [-0.2, -0.15) is 0 Å². The number of ether oxygens (including phenoxy) is 2. The van der Waals surface area contributed by atoms with Crippen LogP contribution in [-0.2, 0) is 4.74 Å². The molecule has 0 aliphatic carbocycles. The third-order valence-electron chi connectivity index (χ3n) is 1.66. The molecule has 76 valence electrons. The molecular formula is C9H8I2O3. The molecule has 0 amide bonds. The predicted octanol–water partition coefficient (Wildman–Crippen LogP) is 2.69. The van der Waals surface area contributed by atoms with Crippen LogP contribution >= 0.6 is 45.2 Å². The van der Waals surface area contributed by atoms with Crippen molar-refractivity contribution in [1.29, 1.82) is 0 Å². The molecule has 14 heavy (non-hydrogen) atoms. The summed E-state index contributed by atoms with van der Waals surface area (Å²) in [5, 5.41) is 0. The van der Waals surface area contributed by atoms with Crippen LogP contribution < -0.4 is 4.74 Å². The maximum atomic E-state index is 11.3. The van der Waals surface area contributed by atoms with E-state index in [1.54, 1.807) is 13.2 Å². The van der Waals surface area contributed by atoms with Crippen LogP contribution in [0.3, 0.4) is 0 Å². The number of hydrogen-bond donors (Lipinski definition) is 0. The molecule has 1 aromatic carbocycles. The van der Waals surface area contributed by atoms with E-state index in [0.29, 0.717) is 11.3 Å². The van der Waals surface area contributed by atoms with Gasteiger partial charge in [-0.1, -0.05) is 0 Å². The first kappa shape index (κ1) is 12.0. The van der Waals surface area contributed by atoms with E-state index >= 15 is 0 Å². The number of hydrogen-bond acceptors (Lipinski definition) is 3. The van der Waals surface area contributed by atoms with Crippen LogP contribution in [0.5, 0.6) is 5.75 Å². The van der Waals surface area contributed by atoms with Gasteiger partial charge >= 0.3 is 5.97 Å². The molecule has 1 rings (SSSR count). The highest BCUT2D eigenvalue weighted by Crippen LogP contribution is 2.30. The fourth-order valence-electron chi connectivity index (χ4n) is 0.987. The molecule has 5 heteroatoms. The predicted molar refractivity (Wildman–Crippen MR) is 69.8 cm³/mol. The number of carbonyl (C=O) groups excluding carboxylic acids is 1. The van der Waals surface area contributed by atoms with Crippen molar-refractivity contribution in [2.45, 2.75) is 0 Å². The fraction of sp³-hybridized carbons (Fsp3) is 0.222. The molecule has 0 unspecified atom stereocenters. The highest BCUT2D eigenvalue weighted by atomic mass is 127. The zero-order chi connectivity index (χ0) is 10.7. The fourth-order valence-corrected chi connectivity index (χ4v) is 3.08. The summed E-state index contributed by atoms with van der Waals surface area (Å²) in [5.41, 5.74) is 0.533. The van der Waals surface area contributed by atoms with Gasteiger partial charge in [0.05, 0.1) is 26.9 Å². The van der Waals surface area contributed by atoms with Gasteiger partial charge in [-0.25, -0.2) is 4.79 Å². The van der Waals surface area contributed by atoms with Crippen molar-refractivity contribution in [3.05, 3.63) is 24.8 Å². The Balaban J connectivity index is 3.28. The maximum absolute atomic E-state index is 11.3. The Bertz CT molecular complexity index is 363. The van der Waals surface area contributed by atoms with Crippen molar-refractivity contribution in [2.24, 2.45) is 0 Å². The lowest BCUT2D eigenvalue weighted by Gasteiger charge is -2.09. The van der Waals surface area contributed by atoms with Crippen molar-refractivity contribution < 1.29 is 14.3 Å². The summed E-state index contributed by atoms with van der Waals surface area (Å²) in [6.45, 7) is 0. The number of benzene rings is 1. The molecule has 0 aliphatic heterocycles. The third kappa shape index (κ3) is 2.30. The maximum Gasteiger partial charge on any atom is 0.339 e. The van der Waals surface area contributed by atoms with Gasteiger partial charge < -0.3 is 9.47 Å². The zero-order valence-corrected chi connectivity index (χ0v) is 12.0. The van der Waals surface area contributed by atoms with E-state index in [0.717, 1.165) is 7.14 Å². The lowest BCUT2D eigenvalue weighted by atomic mass is 10.2. The zero-order valence-electron chi connectivity index (χ0n) is 7.64. The Morgan fingerprint density at radius 2 is 1.93 bits per heavy atom. The van der Waals surface area contributed by atoms with Gasteiger partial charge in [0, 0.05) is 0 Å². The molecule has 0 spiro atoms. The lowest BCUT2D eigenvalue weighted by molar-refractivity contribution is 0.0599. The van der Waals surface area contributed by atoms with Gasteiger partial charge in [0.2, 0.25) is 0 Å². The minimum atomic E-state index is -0.343. The Labute approximate surface area is 109 Å². The summed E-state index contributed by atoms with van der Waals surface area (Å²) >= 11 is 4.23. The summed E-state index contributed by atoms with van der Waals surface area (Å²) in [5.74, 6) is 0.373. The first-order valence-corrected chi connectivity index (χ1v) is 5.88. The van der Waals surface area contributed by atoms with Crippen LogP contribution in [-0.4, -0.2) is 20.2 Å². The highest BCUT2D eigenvalue weighted by molar-refractivity contribution is 14.1. The second-order valence-electron chi connectivity index (χ2n) is 2.43. The summed E-state index contributed by atoms with van der Waals surface area (Å²) in [6, 6.07) is 3.56. The normalized spacial score (nSPS) is 9.71. The molecule has 0 atom stereocenters. The molecule has 0 saturated heterocycles. The minimum Gasteiger partial charge on any atom is -0.495 e. The van der Waals surface area contributed by atoms with Gasteiger partial charge in [0.25, 0.3) is 0 Å².